The van der Waals surface area contributed by atoms with Gasteiger partial charge in [-0.05, 0) is 17.5 Å². The lowest BCUT2D eigenvalue weighted by atomic mass is 9.96. The van der Waals surface area contributed by atoms with Gasteiger partial charge in [-0.25, -0.2) is 18.9 Å². The minimum Gasteiger partial charge on any atom is -0.493 e. The topological polar surface area (TPSA) is 118 Å². The zero-order valence-corrected chi connectivity index (χ0v) is 19.4. The van der Waals surface area contributed by atoms with Gasteiger partial charge in [0, 0.05) is 43.3 Å². The Hall–Kier alpha value is -3.73. The van der Waals surface area contributed by atoms with Crippen LogP contribution in [0.25, 0.3) is 27.8 Å². The van der Waals surface area contributed by atoms with Crippen LogP contribution in [-0.2, 0) is 4.79 Å². The van der Waals surface area contributed by atoms with Crippen molar-refractivity contribution in [1.29, 1.82) is 0 Å². The van der Waals surface area contributed by atoms with Gasteiger partial charge in [0.05, 0.1) is 31.1 Å². The normalized spacial score (nSPS) is 15.0. The largest absolute Gasteiger partial charge is 0.493 e. The third-order valence-electron chi connectivity index (χ3n) is 6.28. The summed E-state index contributed by atoms with van der Waals surface area (Å²) < 4.78 is 23.2. The summed E-state index contributed by atoms with van der Waals surface area (Å²) in [5.41, 5.74) is 9.02. The van der Waals surface area contributed by atoms with E-state index in [-0.39, 0.29) is 24.2 Å². The molecule has 1 amide bonds. The number of anilines is 1. The predicted molar refractivity (Wildman–Crippen MR) is 127 cm³/mol. The minimum atomic E-state index is -0.360. The van der Waals surface area contributed by atoms with Crippen LogP contribution in [-0.4, -0.2) is 75.2 Å². The number of primary amides is 1. The molecule has 1 aliphatic rings. The highest BCUT2D eigenvalue weighted by Gasteiger charge is 2.26. The quantitative estimate of drug-likeness (QED) is 0.447. The smallest absolute Gasteiger partial charge is 0.231 e. The summed E-state index contributed by atoms with van der Waals surface area (Å²) in [5.74, 6) is 0.236. The SMILES string of the molecule is COc1cc(-c2[nH]c3cnc(N4CCN(CC(N)=O)CC4)c(F)c3c2C(C)C)cn2ncnc12. The maximum atomic E-state index is 16.0. The van der Waals surface area contributed by atoms with Gasteiger partial charge in [-0.1, -0.05) is 13.8 Å². The number of rotatable bonds is 6. The van der Waals surface area contributed by atoms with E-state index in [9.17, 15) is 4.79 Å². The van der Waals surface area contributed by atoms with Crippen LogP contribution >= 0.6 is 0 Å². The number of amides is 1. The van der Waals surface area contributed by atoms with Gasteiger partial charge in [0.25, 0.3) is 0 Å². The van der Waals surface area contributed by atoms with Gasteiger partial charge in [-0.15, -0.1) is 0 Å². The Balaban J connectivity index is 1.58. The highest BCUT2D eigenvalue weighted by Crippen LogP contribution is 2.39. The summed E-state index contributed by atoms with van der Waals surface area (Å²) >= 11 is 0. The number of nitrogens with one attached hydrogen (secondary N) is 1. The number of methoxy groups -OCH3 is 1. The summed E-state index contributed by atoms with van der Waals surface area (Å²) in [5, 5.41) is 4.78. The molecule has 5 heterocycles. The van der Waals surface area contributed by atoms with Gasteiger partial charge < -0.3 is 20.4 Å². The molecule has 5 rings (SSSR count). The third-order valence-corrected chi connectivity index (χ3v) is 6.28. The number of aromatic amines is 1. The second kappa shape index (κ2) is 8.56. The van der Waals surface area contributed by atoms with Crippen LogP contribution in [0.5, 0.6) is 5.75 Å². The Kier molecular flexibility index (Phi) is 5.56. The zero-order chi connectivity index (χ0) is 24.0. The van der Waals surface area contributed by atoms with Crippen molar-refractivity contribution < 1.29 is 13.9 Å². The number of carbonyl (C=O) groups is 1. The van der Waals surface area contributed by atoms with Crippen LogP contribution in [0.1, 0.15) is 25.3 Å². The van der Waals surface area contributed by atoms with E-state index in [0.717, 1.165) is 16.8 Å². The lowest BCUT2D eigenvalue weighted by Gasteiger charge is -2.34. The number of hydrogen-bond donors (Lipinski definition) is 2. The van der Waals surface area contributed by atoms with Crippen molar-refractivity contribution in [2.75, 3.05) is 44.7 Å². The summed E-state index contributed by atoms with van der Waals surface area (Å²) in [6.45, 7) is 6.67. The second-order valence-corrected chi connectivity index (χ2v) is 8.81. The lowest BCUT2D eigenvalue weighted by Crippen LogP contribution is -2.49. The Morgan fingerprint density at radius 2 is 2.03 bits per heavy atom. The van der Waals surface area contributed by atoms with Crippen molar-refractivity contribution in [3.8, 4) is 17.0 Å². The standard InChI is InChI=1S/C23H27FN8O2/c1-13(2)18-19-15(29-21(18)14-8-16(34-3)22-27-12-28-32(22)10-14)9-26-23(20(19)24)31-6-4-30(5-7-31)11-17(25)33/h8-10,12-13,29H,4-7,11H2,1-3H3,(H2,25,33). The maximum absolute atomic E-state index is 16.0. The summed E-state index contributed by atoms with van der Waals surface area (Å²) in [6, 6.07) is 1.88. The first-order valence-corrected chi connectivity index (χ1v) is 11.2. The Morgan fingerprint density at radius 3 is 2.71 bits per heavy atom. The van der Waals surface area contributed by atoms with E-state index >= 15 is 4.39 Å². The first-order valence-electron chi connectivity index (χ1n) is 11.2. The first kappa shape index (κ1) is 22.1. The van der Waals surface area contributed by atoms with Crippen molar-refractivity contribution in [1.82, 2.24) is 29.5 Å². The highest BCUT2D eigenvalue weighted by atomic mass is 19.1. The monoisotopic (exact) mass is 466 g/mol. The van der Waals surface area contributed by atoms with E-state index in [1.807, 2.05) is 35.9 Å². The zero-order valence-electron chi connectivity index (χ0n) is 19.4. The molecule has 11 heteroatoms. The predicted octanol–water partition coefficient (Wildman–Crippen LogP) is 2.15. The van der Waals surface area contributed by atoms with Gasteiger partial charge in [0.15, 0.2) is 23.0 Å². The minimum absolute atomic E-state index is 0.0401. The Labute approximate surface area is 195 Å². The lowest BCUT2D eigenvalue weighted by molar-refractivity contribution is -0.119. The Bertz CT molecular complexity index is 1370. The number of piperazine rings is 1. The van der Waals surface area contributed by atoms with Crippen molar-refractivity contribution in [3.63, 3.8) is 0 Å². The highest BCUT2D eigenvalue weighted by molar-refractivity contribution is 5.93. The molecule has 0 bridgehead atoms. The molecule has 4 aromatic rings. The van der Waals surface area contributed by atoms with Crippen molar-refractivity contribution >= 4 is 28.3 Å². The molecule has 0 saturated carbocycles. The van der Waals surface area contributed by atoms with Gasteiger partial charge >= 0.3 is 0 Å². The van der Waals surface area contributed by atoms with Crippen LogP contribution in [0.15, 0.2) is 24.8 Å². The molecule has 0 spiro atoms. The number of nitrogens with zero attached hydrogens (tertiary/aromatic N) is 6. The molecule has 10 nitrogen and oxygen atoms in total. The molecule has 1 saturated heterocycles. The van der Waals surface area contributed by atoms with Gasteiger partial charge in [-0.2, -0.15) is 5.10 Å². The van der Waals surface area contributed by atoms with Crippen LogP contribution in [0, 0.1) is 5.82 Å². The van der Waals surface area contributed by atoms with Gasteiger partial charge in [-0.3, -0.25) is 9.69 Å². The molecule has 4 aromatic heterocycles. The number of H-pyrrole nitrogens is 1. The molecule has 0 aromatic carbocycles. The van der Waals surface area contributed by atoms with Crippen LogP contribution in [0.2, 0.25) is 0 Å². The number of pyridine rings is 2. The molecule has 1 aliphatic heterocycles. The fourth-order valence-electron chi connectivity index (χ4n) is 4.71. The Morgan fingerprint density at radius 1 is 1.26 bits per heavy atom. The third kappa shape index (κ3) is 3.71. The molecule has 1 fully saturated rings. The molecule has 0 aliphatic carbocycles. The molecule has 0 atom stereocenters. The average Bonchev–Trinajstić information content (AvgIpc) is 3.44. The summed E-state index contributed by atoms with van der Waals surface area (Å²) in [6.07, 6.45) is 5.00. The van der Waals surface area contributed by atoms with E-state index in [2.05, 4.69) is 20.1 Å². The summed E-state index contributed by atoms with van der Waals surface area (Å²) in [4.78, 5) is 27.2. The number of ether oxygens (including phenoxy) is 1. The molecule has 3 N–H and O–H groups in total. The average molecular weight is 467 g/mol. The number of aromatic nitrogens is 5. The number of fused-ring (bicyclic) bond motifs is 2. The molecule has 0 radical (unpaired) electrons. The fraction of sp³-hybridized carbons (Fsp3) is 0.391. The van der Waals surface area contributed by atoms with Gasteiger partial charge in [0.2, 0.25) is 5.91 Å². The number of nitrogens with two attached hydrogens (primary N) is 1. The van der Waals surface area contributed by atoms with E-state index < -0.39 is 0 Å². The first-order chi connectivity index (χ1) is 16.4. The van der Waals surface area contributed by atoms with Gasteiger partial charge in [0.1, 0.15) is 6.33 Å². The van der Waals surface area contributed by atoms with Crippen molar-refractivity contribution in [2.24, 2.45) is 5.73 Å². The van der Waals surface area contributed by atoms with E-state index in [4.69, 9.17) is 10.5 Å². The fourth-order valence-corrected chi connectivity index (χ4v) is 4.71. The van der Waals surface area contributed by atoms with E-state index in [1.54, 1.807) is 17.8 Å². The maximum Gasteiger partial charge on any atom is 0.231 e. The molecular weight excluding hydrogens is 439 g/mol. The van der Waals surface area contributed by atoms with E-state index in [0.29, 0.717) is 54.3 Å². The second-order valence-electron chi connectivity index (χ2n) is 8.81. The molecule has 0 unspecified atom stereocenters. The summed E-state index contributed by atoms with van der Waals surface area (Å²) in [7, 11) is 1.58. The van der Waals surface area contributed by atoms with Crippen molar-refractivity contribution in [2.45, 2.75) is 19.8 Å². The van der Waals surface area contributed by atoms with Crippen LogP contribution in [0.4, 0.5) is 10.2 Å². The van der Waals surface area contributed by atoms with Crippen molar-refractivity contribution in [3.05, 3.63) is 36.2 Å². The number of hydrogen-bond acceptors (Lipinski definition) is 7. The molecule has 34 heavy (non-hydrogen) atoms. The van der Waals surface area contributed by atoms with Crippen LogP contribution in [0.3, 0.4) is 0 Å². The number of carbonyl (C=O) groups excluding carboxylic acids is 1. The molecular formula is C23H27FN8O2. The van der Waals surface area contributed by atoms with E-state index in [1.165, 1.54) is 6.33 Å². The van der Waals surface area contributed by atoms with Crippen LogP contribution < -0.4 is 15.4 Å². The number of halogens is 1. The molecule has 178 valence electrons.